The highest BCUT2D eigenvalue weighted by molar-refractivity contribution is 6.30. The van der Waals surface area contributed by atoms with Crippen molar-refractivity contribution < 1.29 is 9.90 Å². The number of carbonyl (C=O) groups is 1. The molecule has 4 rings (SSSR count). The van der Waals surface area contributed by atoms with Gasteiger partial charge in [0.05, 0.1) is 12.0 Å². The molecule has 4 aliphatic carbocycles. The van der Waals surface area contributed by atoms with Crippen molar-refractivity contribution in [3.05, 3.63) is 23.3 Å². The Kier molecular flexibility index (Phi) is 4.01. The summed E-state index contributed by atoms with van der Waals surface area (Å²) in [5.74, 6) is 2.22. The highest BCUT2D eigenvalue weighted by atomic mass is 35.5. The molecule has 0 aliphatic heterocycles. The van der Waals surface area contributed by atoms with Crippen molar-refractivity contribution >= 4 is 17.4 Å². The molecule has 0 aromatic carbocycles. The van der Waals surface area contributed by atoms with E-state index >= 15 is 0 Å². The van der Waals surface area contributed by atoms with E-state index in [2.05, 4.69) is 26.0 Å². The van der Waals surface area contributed by atoms with Gasteiger partial charge in [0.25, 0.3) is 0 Å². The maximum atomic E-state index is 12.3. The molecule has 1 N–H and O–H groups in total. The van der Waals surface area contributed by atoms with Gasteiger partial charge < -0.3 is 5.11 Å². The smallest absolute Gasteiger partial charge is 0.173 e. The van der Waals surface area contributed by atoms with Gasteiger partial charge in [-0.25, -0.2) is 0 Å². The minimum Gasteiger partial charge on any atom is -0.393 e. The zero-order valence-corrected chi connectivity index (χ0v) is 15.6. The van der Waals surface area contributed by atoms with Crippen molar-refractivity contribution in [3.63, 3.8) is 0 Å². The molecule has 0 aromatic rings. The average Bonchev–Trinajstić information content (AvgIpc) is 2.92. The second kappa shape index (κ2) is 5.71. The first-order chi connectivity index (χ1) is 11.4. The van der Waals surface area contributed by atoms with Gasteiger partial charge in [-0.1, -0.05) is 31.6 Å². The SMILES string of the molecule is C[C@]12CC[C@H](O)CC1=CC[C@@H]1[C@@H]2CC[C@]2(C)C(C(=O)CCl)=CC[C@@H]12. The van der Waals surface area contributed by atoms with E-state index in [1.807, 2.05) is 0 Å². The van der Waals surface area contributed by atoms with E-state index in [1.54, 1.807) is 0 Å². The Morgan fingerprint density at radius 3 is 2.67 bits per heavy atom. The second-order valence-electron chi connectivity index (χ2n) is 9.02. The lowest BCUT2D eigenvalue weighted by Gasteiger charge is -2.57. The summed E-state index contributed by atoms with van der Waals surface area (Å²) in [7, 11) is 0. The number of aliphatic hydroxyl groups excluding tert-OH is 1. The predicted octanol–water partition coefficient (Wildman–Crippen LogP) is 4.65. The fraction of sp³-hybridized carbons (Fsp3) is 0.762. The Bertz CT molecular complexity index is 621. The summed E-state index contributed by atoms with van der Waals surface area (Å²) in [5, 5.41) is 10.1. The molecule has 0 amide bonds. The summed E-state index contributed by atoms with van der Waals surface area (Å²) in [6.07, 6.45) is 11.9. The van der Waals surface area contributed by atoms with E-state index in [0.717, 1.165) is 44.1 Å². The van der Waals surface area contributed by atoms with Crippen molar-refractivity contribution in [2.24, 2.45) is 28.6 Å². The van der Waals surface area contributed by atoms with Crippen LogP contribution in [0.25, 0.3) is 0 Å². The number of hydrogen-bond acceptors (Lipinski definition) is 2. The first-order valence-electron chi connectivity index (χ1n) is 9.57. The lowest BCUT2D eigenvalue weighted by atomic mass is 9.47. The van der Waals surface area contributed by atoms with Crippen LogP contribution in [0, 0.1) is 28.6 Å². The van der Waals surface area contributed by atoms with E-state index in [1.165, 1.54) is 12.0 Å². The molecule has 0 aromatic heterocycles. The van der Waals surface area contributed by atoms with E-state index < -0.39 is 0 Å². The van der Waals surface area contributed by atoms with Gasteiger partial charge in [0.15, 0.2) is 5.78 Å². The Morgan fingerprint density at radius 1 is 1.17 bits per heavy atom. The zero-order valence-electron chi connectivity index (χ0n) is 14.9. The molecule has 0 bridgehead atoms. The summed E-state index contributed by atoms with van der Waals surface area (Å²) in [6.45, 7) is 4.75. The first kappa shape index (κ1) is 16.8. The van der Waals surface area contributed by atoms with Crippen LogP contribution in [0.1, 0.15) is 58.8 Å². The van der Waals surface area contributed by atoms with Gasteiger partial charge in [-0.05, 0) is 79.1 Å². The molecular formula is C21H29ClO2. The molecule has 2 fully saturated rings. The second-order valence-corrected chi connectivity index (χ2v) is 9.29. The van der Waals surface area contributed by atoms with Crippen LogP contribution in [-0.2, 0) is 4.79 Å². The topological polar surface area (TPSA) is 37.3 Å². The minimum absolute atomic E-state index is 0.0308. The Labute approximate surface area is 150 Å². The van der Waals surface area contributed by atoms with Gasteiger partial charge in [0.1, 0.15) is 0 Å². The van der Waals surface area contributed by atoms with Crippen LogP contribution in [-0.4, -0.2) is 22.9 Å². The third-order valence-corrected chi connectivity index (χ3v) is 8.32. The molecule has 0 radical (unpaired) electrons. The summed E-state index contributed by atoms with van der Waals surface area (Å²) in [4.78, 5) is 12.3. The number of Topliss-reactive ketones (excluding diaryl/α,β-unsaturated/α-hetero) is 1. The van der Waals surface area contributed by atoms with Crippen LogP contribution in [0.3, 0.4) is 0 Å². The van der Waals surface area contributed by atoms with E-state index in [9.17, 15) is 9.90 Å². The van der Waals surface area contributed by atoms with Crippen LogP contribution >= 0.6 is 11.6 Å². The lowest BCUT2D eigenvalue weighted by molar-refractivity contribution is -0.115. The third kappa shape index (κ3) is 2.22. The fourth-order valence-electron chi connectivity index (χ4n) is 6.71. The van der Waals surface area contributed by atoms with Crippen LogP contribution in [0.5, 0.6) is 0 Å². The molecular weight excluding hydrogens is 320 g/mol. The summed E-state index contributed by atoms with van der Waals surface area (Å²) < 4.78 is 0. The maximum Gasteiger partial charge on any atom is 0.173 e. The molecule has 6 atom stereocenters. The number of ketones is 1. The van der Waals surface area contributed by atoms with Crippen molar-refractivity contribution in [3.8, 4) is 0 Å². The fourth-order valence-corrected chi connectivity index (χ4v) is 6.86. The molecule has 4 aliphatic rings. The molecule has 3 heteroatoms. The highest BCUT2D eigenvalue weighted by Gasteiger charge is 2.57. The summed E-state index contributed by atoms with van der Waals surface area (Å²) in [6, 6.07) is 0. The van der Waals surface area contributed by atoms with Crippen molar-refractivity contribution in [1.82, 2.24) is 0 Å². The first-order valence-corrected chi connectivity index (χ1v) is 10.1. The molecule has 132 valence electrons. The van der Waals surface area contributed by atoms with Crippen molar-refractivity contribution in [2.75, 3.05) is 5.88 Å². The Hall–Kier alpha value is -0.600. The minimum atomic E-state index is -0.143. The van der Waals surface area contributed by atoms with E-state index in [0.29, 0.717) is 17.8 Å². The average molecular weight is 349 g/mol. The van der Waals surface area contributed by atoms with Gasteiger partial charge >= 0.3 is 0 Å². The third-order valence-electron chi connectivity index (χ3n) is 8.08. The van der Waals surface area contributed by atoms with Gasteiger partial charge in [0, 0.05) is 0 Å². The Balaban J connectivity index is 1.65. The largest absolute Gasteiger partial charge is 0.393 e. The van der Waals surface area contributed by atoms with E-state index in [-0.39, 0.29) is 28.6 Å². The van der Waals surface area contributed by atoms with Crippen LogP contribution < -0.4 is 0 Å². The summed E-state index contributed by atoms with van der Waals surface area (Å²) in [5.41, 5.74) is 2.82. The van der Waals surface area contributed by atoms with Gasteiger partial charge in [-0.15, -0.1) is 11.6 Å². The zero-order chi connectivity index (χ0) is 17.1. The Morgan fingerprint density at radius 2 is 1.92 bits per heavy atom. The lowest BCUT2D eigenvalue weighted by Crippen LogP contribution is -2.50. The number of halogens is 1. The molecule has 24 heavy (non-hydrogen) atoms. The van der Waals surface area contributed by atoms with Crippen LogP contribution in [0.2, 0.25) is 0 Å². The quantitative estimate of drug-likeness (QED) is 0.582. The number of rotatable bonds is 2. The number of carbonyl (C=O) groups excluding carboxylic acids is 1. The maximum absolute atomic E-state index is 12.3. The van der Waals surface area contributed by atoms with Crippen molar-refractivity contribution in [1.29, 1.82) is 0 Å². The number of fused-ring (bicyclic) bond motifs is 5. The highest BCUT2D eigenvalue weighted by Crippen LogP contribution is 2.64. The predicted molar refractivity (Wildman–Crippen MR) is 96.9 cm³/mol. The molecule has 0 unspecified atom stereocenters. The van der Waals surface area contributed by atoms with Crippen molar-refractivity contribution in [2.45, 2.75) is 64.9 Å². The van der Waals surface area contributed by atoms with E-state index in [4.69, 9.17) is 11.6 Å². The molecule has 0 spiro atoms. The molecule has 2 saturated carbocycles. The number of aliphatic hydroxyl groups is 1. The number of hydrogen-bond donors (Lipinski definition) is 1. The molecule has 0 saturated heterocycles. The standard InChI is InChI=1S/C21H29ClO2/c1-20-9-7-14(23)11-13(20)3-4-15-16-5-6-18(19(24)12-22)21(16,2)10-8-17(15)20/h3,6,14-17,23H,4-5,7-12H2,1-2H3/t14-,15-,16-,17-,20-,21-/m0/s1. The van der Waals surface area contributed by atoms with Gasteiger partial charge in [0.2, 0.25) is 0 Å². The van der Waals surface area contributed by atoms with Gasteiger partial charge in [-0.2, -0.15) is 0 Å². The van der Waals surface area contributed by atoms with Gasteiger partial charge in [-0.3, -0.25) is 4.79 Å². The van der Waals surface area contributed by atoms with Crippen LogP contribution in [0.15, 0.2) is 23.3 Å². The number of allylic oxidation sites excluding steroid dienone is 3. The summed E-state index contributed by atoms with van der Waals surface area (Å²) >= 11 is 5.87. The monoisotopic (exact) mass is 348 g/mol. The van der Waals surface area contributed by atoms with Crippen LogP contribution in [0.4, 0.5) is 0 Å². The normalized spacial score (nSPS) is 47.2. The molecule has 2 nitrogen and oxygen atoms in total. The number of alkyl halides is 1. The molecule has 0 heterocycles.